The first-order valence-corrected chi connectivity index (χ1v) is 5.12. The molecule has 2 aromatic rings. The van der Waals surface area contributed by atoms with Crippen LogP contribution < -0.4 is 4.74 Å². The molecule has 0 saturated heterocycles. The molecule has 76 valence electrons. The van der Waals surface area contributed by atoms with Crippen molar-refractivity contribution in [2.24, 2.45) is 0 Å². The van der Waals surface area contributed by atoms with E-state index < -0.39 is 0 Å². The number of aryl methyl sites for hydroxylation is 1. The molecule has 0 spiro atoms. The molecule has 0 aliphatic rings. The zero-order chi connectivity index (χ0) is 10.7. The first-order chi connectivity index (χ1) is 7.25. The normalized spacial score (nSPS) is 10.0. The molecule has 0 atom stereocenters. The van der Waals surface area contributed by atoms with Gasteiger partial charge in [-0.05, 0) is 36.8 Å². The summed E-state index contributed by atoms with van der Waals surface area (Å²) < 4.78 is 5.66. The summed E-state index contributed by atoms with van der Waals surface area (Å²) in [4.78, 5) is 0. The summed E-state index contributed by atoms with van der Waals surface area (Å²) in [5.41, 5.74) is 1.17. The molecule has 0 aliphatic carbocycles. The van der Waals surface area contributed by atoms with Crippen molar-refractivity contribution < 1.29 is 4.74 Å². The summed E-state index contributed by atoms with van der Waals surface area (Å²) >= 11 is 5.99. The Morgan fingerprint density at radius 1 is 1.00 bits per heavy atom. The van der Waals surface area contributed by atoms with Gasteiger partial charge in [0.05, 0.1) is 5.02 Å². The largest absolute Gasteiger partial charge is 0.456 e. The number of benzene rings is 2. The van der Waals surface area contributed by atoms with Crippen LogP contribution in [0.25, 0.3) is 0 Å². The number of halogens is 1. The predicted molar refractivity (Wildman–Crippen MR) is 62.7 cm³/mol. The van der Waals surface area contributed by atoms with Gasteiger partial charge in [0.25, 0.3) is 0 Å². The minimum atomic E-state index is 0.624. The highest BCUT2D eigenvalue weighted by Gasteiger charge is 2.01. The molecular weight excluding hydrogens is 208 g/mol. The summed E-state index contributed by atoms with van der Waals surface area (Å²) in [5.74, 6) is 1.49. The minimum Gasteiger partial charge on any atom is -0.456 e. The van der Waals surface area contributed by atoms with E-state index >= 15 is 0 Å². The van der Waals surface area contributed by atoms with Crippen molar-refractivity contribution >= 4 is 11.6 Å². The van der Waals surface area contributed by atoms with Crippen LogP contribution in [0, 0.1) is 6.92 Å². The van der Waals surface area contributed by atoms with Crippen molar-refractivity contribution in [1.82, 2.24) is 0 Å². The average Bonchev–Trinajstić information content (AvgIpc) is 2.22. The second-order valence-electron chi connectivity index (χ2n) is 3.35. The molecule has 0 heterocycles. The summed E-state index contributed by atoms with van der Waals surface area (Å²) in [6.45, 7) is 2.03. The zero-order valence-electron chi connectivity index (χ0n) is 8.41. The van der Waals surface area contributed by atoms with Crippen molar-refractivity contribution in [3.8, 4) is 11.5 Å². The van der Waals surface area contributed by atoms with Crippen molar-refractivity contribution in [2.75, 3.05) is 0 Å². The first kappa shape index (κ1) is 10.1. The van der Waals surface area contributed by atoms with E-state index in [4.69, 9.17) is 16.3 Å². The number of rotatable bonds is 2. The third kappa shape index (κ3) is 2.51. The quantitative estimate of drug-likeness (QED) is 0.724. The van der Waals surface area contributed by atoms with E-state index in [1.54, 1.807) is 0 Å². The maximum absolute atomic E-state index is 5.99. The second kappa shape index (κ2) is 4.37. The van der Waals surface area contributed by atoms with Gasteiger partial charge in [-0.3, -0.25) is 0 Å². The summed E-state index contributed by atoms with van der Waals surface area (Å²) in [6.07, 6.45) is 0. The van der Waals surface area contributed by atoms with Crippen molar-refractivity contribution in [3.05, 3.63) is 59.1 Å². The van der Waals surface area contributed by atoms with E-state index in [2.05, 4.69) is 0 Å². The van der Waals surface area contributed by atoms with Crippen LogP contribution in [0.2, 0.25) is 5.02 Å². The number of ether oxygens (including phenoxy) is 1. The maximum Gasteiger partial charge on any atom is 0.146 e. The van der Waals surface area contributed by atoms with Gasteiger partial charge in [-0.2, -0.15) is 0 Å². The van der Waals surface area contributed by atoms with Gasteiger partial charge in [-0.1, -0.05) is 35.9 Å². The third-order valence-electron chi connectivity index (χ3n) is 2.05. The lowest BCUT2D eigenvalue weighted by Gasteiger charge is -2.07. The highest BCUT2D eigenvalue weighted by atomic mass is 35.5. The first-order valence-electron chi connectivity index (χ1n) is 4.75. The van der Waals surface area contributed by atoms with Crippen LogP contribution in [-0.4, -0.2) is 0 Å². The Hall–Kier alpha value is -1.47. The molecule has 2 rings (SSSR count). The second-order valence-corrected chi connectivity index (χ2v) is 3.76. The van der Waals surface area contributed by atoms with Crippen LogP contribution in [0.1, 0.15) is 5.56 Å². The van der Waals surface area contributed by atoms with E-state index in [-0.39, 0.29) is 0 Å². The summed E-state index contributed by atoms with van der Waals surface area (Å²) in [6, 6.07) is 15.3. The number of para-hydroxylation sites is 1. The monoisotopic (exact) mass is 218 g/mol. The van der Waals surface area contributed by atoms with Gasteiger partial charge in [0.15, 0.2) is 0 Å². The fourth-order valence-electron chi connectivity index (χ4n) is 1.33. The molecule has 2 heteroatoms. The molecule has 0 fully saturated rings. The standard InChI is InChI=1S/C13H11ClO/c1-10-5-4-6-11(9-10)15-13-8-3-2-7-12(13)14/h2-9H,1H3. The SMILES string of the molecule is Cc1cccc(Oc2ccccc2Cl)c1. The maximum atomic E-state index is 5.99. The van der Waals surface area contributed by atoms with E-state index in [9.17, 15) is 0 Å². The molecule has 0 unspecified atom stereocenters. The predicted octanol–water partition coefficient (Wildman–Crippen LogP) is 4.44. The lowest BCUT2D eigenvalue weighted by Crippen LogP contribution is -1.85. The molecule has 0 radical (unpaired) electrons. The van der Waals surface area contributed by atoms with Crippen molar-refractivity contribution in [2.45, 2.75) is 6.92 Å². The van der Waals surface area contributed by atoms with Crippen LogP contribution in [0.15, 0.2) is 48.5 Å². The van der Waals surface area contributed by atoms with E-state index in [0.717, 1.165) is 5.75 Å². The Bertz CT molecular complexity index is 466. The zero-order valence-corrected chi connectivity index (χ0v) is 9.16. The molecule has 0 bridgehead atoms. The summed E-state index contributed by atoms with van der Waals surface area (Å²) in [7, 11) is 0. The van der Waals surface area contributed by atoms with Gasteiger partial charge in [-0.15, -0.1) is 0 Å². The average molecular weight is 219 g/mol. The van der Waals surface area contributed by atoms with Crippen molar-refractivity contribution in [3.63, 3.8) is 0 Å². The Kier molecular flexibility index (Phi) is 2.93. The molecule has 2 aromatic carbocycles. The molecule has 0 N–H and O–H groups in total. The lowest BCUT2D eigenvalue weighted by molar-refractivity contribution is 0.482. The topological polar surface area (TPSA) is 9.23 Å². The van der Waals surface area contributed by atoms with E-state index in [1.807, 2.05) is 55.5 Å². The summed E-state index contributed by atoms with van der Waals surface area (Å²) in [5, 5.41) is 0.624. The van der Waals surface area contributed by atoms with Gasteiger partial charge < -0.3 is 4.74 Å². The third-order valence-corrected chi connectivity index (χ3v) is 2.37. The van der Waals surface area contributed by atoms with E-state index in [0.29, 0.717) is 10.8 Å². The Morgan fingerprint density at radius 3 is 2.53 bits per heavy atom. The van der Waals surface area contributed by atoms with Crippen LogP contribution >= 0.6 is 11.6 Å². The molecule has 0 aromatic heterocycles. The number of hydrogen-bond acceptors (Lipinski definition) is 1. The van der Waals surface area contributed by atoms with Gasteiger partial charge >= 0.3 is 0 Å². The molecule has 15 heavy (non-hydrogen) atoms. The minimum absolute atomic E-state index is 0.624. The molecule has 1 nitrogen and oxygen atoms in total. The Labute approximate surface area is 94.3 Å². The van der Waals surface area contributed by atoms with E-state index in [1.165, 1.54) is 5.56 Å². The lowest BCUT2D eigenvalue weighted by atomic mass is 10.2. The smallest absolute Gasteiger partial charge is 0.146 e. The van der Waals surface area contributed by atoms with Gasteiger partial charge in [0, 0.05) is 0 Å². The van der Waals surface area contributed by atoms with Crippen LogP contribution in [0.4, 0.5) is 0 Å². The highest BCUT2D eigenvalue weighted by molar-refractivity contribution is 6.32. The van der Waals surface area contributed by atoms with Gasteiger partial charge in [-0.25, -0.2) is 0 Å². The molecule has 0 aliphatic heterocycles. The van der Waals surface area contributed by atoms with Crippen LogP contribution in [-0.2, 0) is 0 Å². The van der Waals surface area contributed by atoms with Gasteiger partial charge in [0.1, 0.15) is 11.5 Å². The number of hydrogen-bond donors (Lipinski definition) is 0. The Balaban J connectivity index is 2.26. The van der Waals surface area contributed by atoms with Gasteiger partial charge in [0.2, 0.25) is 0 Å². The fourth-order valence-corrected chi connectivity index (χ4v) is 1.51. The Morgan fingerprint density at radius 2 is 1.80 bits per heavy atom. The fraction of sp³-hybridized carbons (Fsp3) is 0.0769. The molecule has 0 amide bonds. The molecular formula is C13H11ClO. The van der Waals surface area contributed by atoms with Crippen LogP contribution in [0.3, 0.4) is 0 Å². The van der Waals surface area contributed by atoms with Crippen LogP contribution in [0.5, 0.6) is 11.5 Å². The molecule has 0 saturated carbocycles. The highest BCUT2D eigenvalue weighted by Crippen LogP contribution is 2.28. The van der Waals surface area contributed by atoms with Crippen molar-refractivity contribution in [1.29, 1.82) is 0 Å².